The number of aliphatic imine (C=N–C) groups is 1. The van der Waals surface area contributed by atoms with E-state index < -0.39 is 0 Å². The van der Waals surface area contributed by atoms with Gasteiger partial charge in [-0.25, -0.2) is 4.99 Å². The van der Waals surface area contributed by atoms with Crippen LogP contribution < -0.4 is 10.6 Å². The summed E-state index contributed by atoms with van der Waals surface area (Å²) in [4.78, 5) is 4.66. The van der Waals surface area contributed by atoms with Crippen LogP contribution in [0, 0.1) is 13.8 Å². The van der Waals surface area contributed by atoms with Gasteiger partial charge in [-0.15, -0.1) is 0 Å². The lowest BCUT2D eigenvalue weighted by molar-refractivity contribution is 0.633. The maximum atomic E-state index is 4.66. The van der Waals surface area contributed by atoms with Crippen molar-refractivity contribution in [3.05, 3.63) is 34.9 Å². The Bertz CT molecular complexity index is 696. The number of rotatable bonds is 6. The topological polar surface area (TPSA) is 72.1 Å². The first-order valence-electron chi connectivity index (χ1n) is 8.43. The SMILES string of the molecule is CCNC(=NCc1ccnn1C)NC(C)Cc1c(C)nn(C)c1C. The largest absolute Gasteiger partial charge is 0.357 e. The zero-order chi connectivity index (χ0) is 17.7. The first-order chi connectivity index (χ1) is 11.4. The third-order valence-corrected chi connectivity index (χ3v) is 4.22. The van der Waals surface area contributed by atoms with Crippen LogP contribution in [0.3, 0.4) is 0 Å². The first-order valence-corrected chi connectivity index (χ1v) is 8.43. The lowest BCUT2D eigenvalue weighted by Crippen LogP contribution is -2.43. The van der Waals surface area contributed by atoms with Gasteiger partial charge in [0.05, 0.1) is 17.9 Å². The molecule has 0 amide bonds. The third-order valence-electron chi connectivity index (χ3n) is 4.22. The van der Waals surface area contributed by atoms with E-state index in [0.717, 1.165) is 30.3 Å². The van der Waals surface area contributed by atoms with Gasteiger partial charge in [-0.3, -0.25) is 9.36 Å². The molecule has 1 unspecified atom stereocenters. The van der Waals surface area contributed by atoms with Gasteiger partial charge in [0.25, 0.3) is 0 Å². The molecule has 0 aliphatic rings. The van der Waals surface area contributed by atoms with Crippen LogP contribution in [0.15, 0.2) is 17.3 Å². The second-order valence-corrected chi connectivity index (χ2v) is 6.16. The van der Waals surface area contributed by atoms with E-state index in [9.17, 15) is 0 Å². The number of nitrogens with one attached hydrogen (secondary N) is 2. The summed E-state index contributed by atoms with van der Waals surface area (Å²) >= 11 is 0. The summed E-state index contributed by atoms with van der Waals surface area (Å²) in [5, 5.41) is 15.5. The van der Waals surface area contributed by atoms with Gasteiger partial charge in [0.2, 0.25) is 0 Å². The van der Waals surface area contributed by atoms with Gasteiger partial charge in [0.1, 0.15) is 0 Å². The van der Waals surface area contributed by atoms with Crippen molar-refractivity contribution in [2.45, 2.75) is 46.7 Å². The van der Waals surface area contributed by atoms with E-state index >= 15 is 0 Å². The Balaban J connectivity index is 2.02. The van der Waals surface area contributed by atoms with E-state index in [1.165, 1.54) is 11.3 Å². The molecule has 0 aromatic carbocycles. The van der Waals surface area contributed by atoms with Crippen LogP contribution in [0.5, 0.6) is 0 Å². The second-order valence-electron chi connectivity index (χ2n) is 6.16. The standard InChI is InChI=1S/C17H29N7/c1-7-18-17(19-11-15-8-9-20-24(15)6)21-12(2)10-16-13(3)22-23(5)14(16)4/h8-9,12H,7,10-11H2,1-6H3,(H2,18,19,21). The Morgan fingerprint density at radius 1 is 1.29 bits per heavy atom. The van der Waals surface area contributed by atoms with Gasteiger partial charge in [-0.05, 0) is 45.7 Å². The van der Waals surface area contributed by atoms with Crippen LogP contribution in [-0.2, 0) is 27.1 Å². The average Bonchev–Trinajstić information content (AvgIpc) is 3.03. The highest BCUT2D eigenvalue weighted by atomic mass is 15.3. The van der Waals surface area contributed by atoms with Crippen molar-refractivity contribution in [1.29, 1.82) is 0 Å². The van der Waals surface area contributed by atoms with Gasteiger partial charge < -0.3 is 10.6 Å². The van der Waals surface area contributed by atoms with E-state index in [0.29, 0.717) is 6.54 Å². The molecule has 2 aromatic rings. The minimum absolute atomic E-state index is 0.260. The molecule has 2 heterocycles. The fourth-order valence-electron chi connectivity index (χ4n) is 2.74. The summed E-state index contributed by atoms with van der Waals surface area (Å²) in [6.45, 7) is 9.85. The minimum atomic E-state index is 0.260. The molecule has 24 heavy (non-hydrogen) atoms. The summed E-state index contributed by atoms with van der Waals surface area (Å²) in [5.41, 5.74) is 4.71. The molecule has 0 radical (unpaired) electrons. The molecule has 7 heteroatoms. The molecule has 0 aliphatic carbocycles. The predicted molar refractivity (Wildman–Crippen MR) is 97.0 cm³/mol. The molecule has 0 saturated carbocycles. The number of aromatic nitrogens is 4. The lowest BCUT2D eigenvalue weighted by atomic mass is 10.1. The quantitative estimate of drug-likeness (QED) is 0.621. The van der Waals surface area contributed by atoms with Crippen LogP contribution in [0.25, 0.3) is 0 Å². The van der Waals surface area contributed by atoms with Crippen molar-refractivity contribution in [3.63, 3.8) is 0 Å². The van der Waals surface area contributed by atoms with Crippen LogP contribution in [0.2, 0.25) is 0 Å². The van der Waals surface area contributed by atoms with E-state index in [2.05, 4.69) is 53.5 Å². The Hall–Kier alpha value is -2.31. The highest BCUT2D eigenvalue weighted by molar-refractivity contribution is 5.80. The Morgan fingerprint density at radius 2 is 2.04 bits per heavy atom. The predicted octanol–water partition coefficient (Wildman–Crippen LogP) is 1.46. The van der Waals surface area contributed by atoms with E-state index in [-0.39, 0.29) is 6.04 Å². The number of hydrogen-bond acceptors (Lipinski definition) is 3. The molecule has 7 nitrogen and oxygen atoms in total. The smallest absolute Gasteiger partial charge is 0.191 e. The monoisotopic (exact) mass is 331 g/mol. The van der Waals surface area contributed by atoms with Crippen molar-refractivity contribution >= 4 is 5.96 Å². The highest BCUT2D eigenvalue weighted by Crippen LogP contribution is 2.14. The average molecular weight is 331 g/mol. The maximum Gasteiger partial charge on any atom is 0.191 e. The van der Waals surface area contributed by atoms with Gasteiger partial charge in [-0.1, -0.05) is 0 Å². The van der Waals surface area contributed by atoms with Gasteiger partial charge >= 0.3 is 0 Å². The fourth-order valence-corrected chi connectivity index (χ4v) is 2.74. The molecule has 0 saturated heterocycles. The van der Waals surface area contributed by atoms with Crippen LogP contribution in [0.1, 0.15) is 36.5 Å². The third kappa shape index (κ3) is 4.37. The van der Waals surface area contributed by atoms with Crippen molar-refractivity contribution in [2.75, 3.05) is 6.54 Å². The molecule has 2 rings (SSSR count). The summed E-state index contributed by atoms with van der Waals surface area (Å²) in [5.74, 6) is 0.824. The Labute approximate surface area is 144 Å². The molecule has 0 aliphatic heterocycles. The summed E-state index contributed by atoms with van der Waals surface area (Å²) < 4.78 is 3.79. The van der Waals surface area contributed by atoms with Gasteiger partial charge in [0.15, 0.2) is 5.96 Å². The molecule has 0 bridgehead atoms. The molecule has 132 valence electrons. The Morgan fingerprint density at radius 3 is 2.58 bits per heavy atom. The molecule has 2 N–H and O–H groups in total. The number of guanidine groups is 1. The number of hydrogen-bond donors (Lipinski definition) is 2. The van der Waals surface area contributed by atoms with Crippen molar-refractivity contribution in [1.82, 2.24) is 30.2 Å². The minimum Gasteiger partial charge on any atom is -0.357 e. The van der Waals surface area contributed by atoms with Crippen LogP contribution in [0.4, 0.5) is 0 Å². The molecule has 2 aromatic heterocycles. The van der Waals surface area contributed by atoms with Crippen molar-refractivity contribution in [3.8, 4) is 0 Å². The van der Waals surface area contributed by atoms with Crippen LogP contribution >= 0.6 is 0 Å². The molecule has 0 fully saturated rings. The van der Waals surface area contributed by atoms with Gasteiger partial charge in [-0.2, -0.15) is 10.2 Å². The maximum absolute atomic E-state index is 4.66. The summed E-state index contributed by atoms with van der Waals surface area (Å²) in [6, 6.07) is 2.25. The number of nitrogens with zero attached hydrogens (tertiary/aromatic N) is 5. The molecular weight excluding hydrogens is 302 g/mol. The number of aryl methyl sites for hydroxylation is 3. The van der Waals surface area contributed by atoms with Gasteiger partial charge in [0, 0.05) is 38.6 Å². The van der Waals surface area contributed by atoms with E-state index in [1.54, 1.807) is 6.20 Å². The summed E-state index contributed by atoms with van der Waals surface area (Å²) in [7, 11) is 3.92. The molecular formula is C17H29N7. The van der Waals surface area contributed by atoms with E-state index in [4.69, 9.17) is 0 Å². The first kappa shape index (κ1) is 18.0. The lowest BCUT2D eigenvalue weighted by Gasteiger charge is -2.18. The van der Waals surface area contributed by atoms with E-state index in [1.807, 2.05) is 29.5 Å². The second kappa shape index (κ2) is 7.99. The zero-order valence-corrected chi connectivity index (χ0v) is 15.6. The van der Waals surface area contributed by atoms with Crippen molar-refractivity contribution in [2.24, 2.45) is 19.1 Å². The molecule has 0 spiro atoms. The summed E-state index contributed by atoms with van der Waals surface area (Å²) in [6.07, 6.45) is 2.71. The van der Waals surface area contributed by atoms with Crippen LogP contribution in [-0.4, -0.2) is 38.1 Å². The molecule has 1 atom stereocenters. The zero-order valence-electron chi connectivity index (χ0n) is 15.6. The van der Waals surface area contributed by atoms with Crippen molar-refractivity contribution < 1.29 is 0 Å². The Kier molecular flexibility index (Phi) is 6.00. The fraction of sp³-hybridized carbons (Fsp3) is 0.588. The normalized spacial score (nSPS) is 13.2. The highest BCUT2D eigenvalue weighted by Gasteiger charge is 2.14.